The molecule has 3 aliphatic rings. The van der Waals surface area contributed by atoms with Crippen molar-refractivity contribution < 1.29 is 4.92 Å². The van der Waals surface area contributed by atoms with Crippen molar-refractivity contribution in [2.24, 2.45) is 5.92 Å². The van der Waals surface area contributed by atoms with Crippen molar-refractivity contribution in [1.82, 2.24) is 9.88 Å². The summed E-state index contributed by atoms with van der Waals surface area (Å²) in [4.78, 5) is 16.7. The summed E-state index contributed by atoms with van der Waals surface area (Å²) in [6.07, 6.45) is 3.83. The third-order valence-electron chi connectivity index (χ3n) is 3.96. The van der Waals surface area contributed by atoms with Crippen LogP contribution in [0.15, 0.2) is 18.3 Å². The van der Waals surface area contributed by atoms with Gasteiger partial charge in [-0.25, -0.2) is 0 Å². The van der Waals surface area contributed by atoms with Crippen LogP contribution in [0.3, 0.4) is 0 Å². The average Bonchev–Trinajstić information content (AvgIpc) is 2.40. The van der Waals surface area contributed by atoms with Gasteiger partial charge < -0.3 is 20.3 Å². The van der Waals surface area contributed by atoms with Crippen molar-refractivity contribution in [3.63, 3.8) is 0 Å². The summed E-state index contributed by atoms with van der Waals surface area (Å²) in [5, 5.41) is 14.2. The first-order chi connectivity index (χ1) is 8.74. The fraction of sp³-hybridized carbons (Fsp3) is 0.583. The fourth-order valence-corrected chi connectivity index (χ4v) is 2.98. The second-order valence-electron chi connectivity index (χ2n) is 5.02. The van der Waals surface area contributed by atoms with Crippen molar-refractivity contribution in [1.29, 1.82) is 0 Å². The zero-order chi connectivity index (χ0) is 12.5. The highest BCUT2D eigenvalue weighted by Gasteiger charge is 2.34. The summed E-state index contributed by atoms with van der Waals surface area (Å²) in [6, 6.07) is 3.79. The molecular formula is C12H16N4O2. The maximum absolute atomic E-state index is 10.9. The molecule has 4 rings (SSSR count). The molecule has 3 aliphatic heterocycles. The Morgan fingerprint density at radius 2 is 2.22 bits per heavy atom. The van der Waals surface area contributed by atoms with Crippen molar-refractivity contribution in [3.8, 4) is 0 Å². The van der Waals surface area contributed by atoms with Crippen LogP contribution in [0.25, 0.3) is 0 Å². The molecule has 1 unspecified atom stereocenters. The quantitative estimate of drug-likeness (QED) is 0.648. The van der Waals surface area contributed by atoms with Crippen LogP contribution in [0.5, 0.6) is 0 Å². The molecule has 0 aliphatic carbocycles. The smallest absolute Gasteiger partial charge is 0.374 e. The zero-order valence-electron chi connectivity index (χ0n) is 10.1. The van der Waals surface area contributed by atoms with Gasteiger partial charge in [0.05, 0.1) is 0 Å². The molecule has 1 N–H and O–H groups in total. The van der Waals surface area contributed by atoms with E-state index in [9.17, 15) is 10.1 Å². The van der Waals surface area contributed by atoms with E-state index >= 15 is 0 Å². The van der Waals surface area contributed by atoms with Crippen LogP contribution in [0.1, 0.15) is 12.8 Å². The first-order valence-electron chi connectivity index (χ1n) is 6.32. The van der Waals surface area contributed by atoms with Gasteiger partial charge in [0.2, 0.25) is 0 Å². The molecule has 0 aromatic carbocycles. The number of piperidine rings is 3. The molecule has 1 atom stereocenters. The number of hydrogen-bond acceptors (Lipinski definition) is 5. The van der Waals surface area contributed by atoms with E-state index in [1.165, 1.54) is 19.0 Å². The Morgan fingerprint density at radius 3 is 2.83 bits per heavy atom. The average molecular weight is 248 g/mol. The van der Waals surface area contributed by atoms with Gasteiger partial charge in [-0.1, -0.05) is 0 Å². The van der Waals surface area contributed by atoms with Crippen LogP contribution in [0, 0.1) is 16.0 Å². The minimum atomic E-state index is -0.427. The van der Waals surface area contributed by atoms with Gasteiger partial charge in [0.15, 0.2) is 0 Å². The Morgan fingerprint density at radius 1 is 1.44 bits per heavy atom. The normalized spacial score (nSPS) is 30.1. The summed E-state index contributed by atoms with van der Waals surface area (Å²) in [6.45, 7) is 3.31. The number of fused-ring (bicyclic) bond motifs is 3. The van der Waals surface area contributed by atoms with Crippen LogP contribution >= 0.6 is 0 Å². The van der Waals surface area contributed by atoms with Gasteiger partial charge in [-0.05, 0) is 53.9 Å². The number of rotatable bonds is 3. The predicted octanol–water partition coefficient (Wildman–Crippen LogP) is 1.50. The Hall–Kier alpha value is -1.69. The molecular weight excluding hydrogens is 232 g/mol. The Bertz CT molecular complexity index is 457. The lowest BCUT2D eigenvalue weighted by Gasteiger charge is -2.45. The molecule has 6 nitrogen and oxygen atoms in total. The van der Waals surface area contributed by atoms with Crippen LogP contribution < -0.4 is 5.32 Å². The Labute approximate surface area is 105 Å². The fourth-order valence-electron chi connectivity index (χ4n) is 2.98. The third-order valence-corrected chi connectivity index (χ3v) is 3.96. The molecule has 3 saturated heterocycles. The number of aromatic nitrogens is 1. The molecule has 4 heterocycles. The van der Waals surface area contributed by atoms with Crippen molar-refractivity contribution >= 4 is 11.5 Å². The summed E-state index contributed by atoms with van der Waals surface area (Å²) < 4.78 is 0. The minimum absolute atomic E-state index is 0.0750. The van der Waals surface area contributed by atoms with Gasteiger partial charge in [-0.15, -0.1) is 0 Å². The molecule has 0 spiro atoms. The first-order valence-corrected chi connectivity index (χ1v) is 6.32. The molecule has 1 aromatic heterocycles. The van der Waals surface area contributed by atoms with Crippen LogP contribution in [-0.4, -0.2) is 40.5 Å². The number of nitro groups is 1. The van der Waals surface area contributed by atoms with E-state index in [0.29, 0.717) is 17.6 Å². The van der Waals surface area contributed by atoms with Gasteiger partial charge in [-0.2, -0.15) is 0 Å². The molecule has 96 valence electrons. The van der Waals surface area contributed by atoms with Crippen molar-refractivity contribution in [2.75, 3.05) is 25.0 Å². The maximum Gasteiger partial charge on any atom is 0.386 e. The molecule has 2 bridgehead atoms. The Balaban J connectivity index is 1.78. The first kappa shape index (κ1) is 11.4. The predicted molar refractivity (Wildman–Crippen MR) is 67.5 cm³/mol. The molecule has 0 amide bonds. The zero-order valence-corrected chi connectivity index (χ0v) is 10.1. The SMILES string of the molecule is O=[N+]([O-])c1ncccc1NC1CN2CCC1CC2. The highest BCUT2D eigenvalue weighted by Crippen LogP contribution is 2.31. The molecule has 0 saturated carbocycles. The molecule has 6 heteroatoms. The largest absolute Gasteiger partial charge is 0.386 e. The second kappa shape index (κ2) is 4.53. The molecule has 1 aromatic rings. The molecule has 3 fully saturated rings. The van der Waals surface area contributed by atoms with Crippen molar-refractivity contribution in [2.45, 2.75) is 18.9 Å². The second-order valence-corrected chi connectivity index (χ2v) is 5.02. The van der Waals surface area contributed by atoms with Crippen molar-refractivity contribution in [3.05, 3.63) is 28.4 Å². The van der Waals surface area contributed by atoms with E-state index in [0.717, 1.165) is 19.6 Å². The highest BCUT2D eigenvalue weighted by molar-refractivity contribution is 5.57. The summed E-state index contributed by atoms with van der Waals surface area (Å²) in [7, 11) is 0. The van der Waals surface area contributed by atoms with Gasteiger partial charge in [0.1, 0.15) is 11.9 Å². The number of pyridine rings is 1. The number of hydrogen-bond donors (Lipinski definition) is 1. The standard InChI is InChI=1S/C12H16N4O2/c17-16(18)12-10(2-1-5-13-12)14-11-8-15-6-3-9(11)4-7-15/h1-2,5,9,11,14H,3-4,6-8H2. The van der Waals surface area contributed by atoms with Gasteiger partial charge >= 0.3 is 5.82 Å². The monoisotopic (exact) mass is 248 g/mol. The minimum Gasteiger partial charge on any atom is -0.374 e. The number of nitrogens with one attached hydrogen (secondary N) is 1. The van der Waals surface area contributed by atoms with Crippen LogP contribution in [0.2, 0.25) is 0 Å². The van der Waals surface area contributed by atoms with E-state index in [4.69, 9.17) is 0 Å². The van der Waals surface area contributed by atoms with Gasteiger partial charge in [-0.3, -0.25) is 0 Å². The Kier molecular flexibility index (Phi) is 2.87. The molecule has 0 radical (unpaired) electrons. The van der Waals surface area contributed by atoms with E-state index < -0.39 is 4.92 Å². The molecule has 18 heavy (non-hydrogen) atoms. The van der Waals surface area contributed by atoms with E-state index in [-0.39, 0.29) is 5.82 Å². The van der Waals surface area contributed by atoms with Gasteiger partial charge in [0.25, 0.3) is 0 Å². The lowest BCUT2D eigenvalue weighted by molar-refractivity contribution is -0.388. The lowest BCUT2D eigenvalue weighted by atomic mass is 9.84. The van der Waals surface area contributed by atoms with E-state index in [1.54, 1.807) is 12.1 Å². The third kappa shape index (κ3) is 2.03. The highest BCUT2D eigenvalue weighted by atomic mass is 16.6. The lowest BCUT2D eigenvalue weighted by Crippen LogP contribution is -2.53. The summed E-state index contributed by atoms with van der Waals surface area (Å²) in [5.41, 5.74) is 0.543. The van der Waals surface area contributed by atoms with Crippen LogP contribution in [0.4, 0.5) is 11.5 Å². The topological polar surface area (TPSA) is 71.3 Å². The number of anilines is 1. The summed E-state index contributed by atoms with van der Waals surface area (Å²) >= 11 is 0. The summed E-state index contributed by atoms with van der Waals surface area (Å²) in [5.74, 6) is 0.559. The van der Waals surface area contributed by atoms with E-state index in [2.05, 4.69) is 15.2 Å². The van der Waals surface area contributed by atoms with E-state index in [1.807, 2.05) is 0 Å². The number of nitrogens with zero attached hydrogens (tertiary/aromatic N) is 3. The maximum atomic E-state index is 10.9. The van der Waals surface area contributed by atoms with Gasteiger partial charge in [0, 0.05) is 12.6 Å². The van der Waals surface area contributed by atoms with Crippen LogP contribution in [-0.2, 0) is 0 Å².